The number of carbonyl (C=O) groups excluding carboxylic acids is 1. The normalized spacial score (nSPS) is 14.2. The number of hydrogen-bond donors (Lipinski definition) is 4. The van der Waals surface area contributed by atoms with Crippen molar-refractivity contribution in [2.24, 2.45) is 0 Å². The van der Waals surface area contributed by atoms with Crippen LogP contribution in [0, 0.1) is 0 Å². The van der Waals surface area contributed by atoms with Crippen molar-refractivity contribution in [2.45, 2.75) is 193 Å². The first-order valence-electron chi connectivity index (χ1n) is 17.6. The van der Waals surface area contributed by atoms with E-state index in [1.165, 1.54) is 109 Å². The molecule has 3 atom stereocenters. The highest BCUT2D eigenvalue weighted by Gasteiger charge is 2.26. The minimum Gasteiger partial charge on any atom is -0.394 e. The van der Waals surface area contributed by atoms with Gasteiger partial charge in [0.2, 0.25) is 5.91 Å². The molecule has 41 heavy (non-hydrogen) atoms. The molecule has 0 rings (SSSR count). The van der Waals surface area contributed by atoms with Gasteiger partial charge in [-0.1, -0.05) is 160 Å². The Morgan fingerprint density at radius 3 is 1.54 bits per heavy atom. The van der Waals surface area contributed by atoms with E-state index >= 15 is 0 Å². The van der Waals surface area contributed by atoms with Gasteiger partial charge >= 0.3 is 0 Å². The molecule has 0 radical (unpaired) electrons. The first-order valence-corrected chi connectivity index (χ1v) is 17.6. The summed E-state index contributed by atoms with van der Waals surface area (Å²) in [6.45, 7) is 4.12. The van der Waals surface area contributed by atoms with Crippen molar-refractivity contribution in [1.82, 2.24) is 5.32 Å². The van der Waals surface area contributed by atoms with E-state index in [1.54, 1.807) is 0 Å². The summed E-state index contributed by atoms with van der Waals surface area (Å²) in [4.78, 5) is 12.3. The quantitative estimate of drug-likeness (QED) is 0.0487. The monoisotopic (exact) mass is 580 g/mol. The van der Waals surface area contributed by atoms with E-state index in [2.05, 4.69) is 37.4 Å². The Bertz CT molecular complexity index is 606. The van der Waals surface area contributed by atoms with Gasteiger partial charge in [0.05, 0.1) is 18.8 Å². The van der Waals surface area contributed by atoms with Crippen LogP contribution >= 0.6 is 0 Å². The zero-order chi connectivity index (χ0) is 30.2. The Hall–Kier alpha value is -1.17. The van der Waals surface area contributed by atoms with Crippen LogP contribution in [-0.2, 0) is 4.79 Å². The summed E-state index contributed by atoms with van der Waals surface area (Å²) in [5.41, 5.74) is 0. The van der Waals surface area contributed by atoms with Gasteiger partial charge in [0, 0.05) is 6.42 Å². The van der Waals surface area contributed by atoms with Gasteiger partial charge in [-0.15, -0.1) is 0 Å². The molecule has 0 aromatic carbocycles. The maximum Gasteiger partial charge on any atom is 0.220 e. The van der Waals surface area contributed by atoms with Gasteiger partial charge in [-0.05, 0) is 32.1 Å². The Morgan fingerprint density at radius 2 is 1.05 bits per heavy atom. The Kier molecular flexibility index (Phi) is 30.9. The molecule has 1 amide bonds. The average Bonchev–Trinajstić information content (AvgIpc) is 2.97. The smallest absolute Gasteiger partial charge is 0.220 e. The molecule has 0 spiro atoms. The summed E-state index contributed by atoms with van der Waals surface area (Å²) in [7, 11) is 0. The molecule has 0 bridgehead atoms. The van der Waals surface area contributed by atoms with E-state index in [0.29, 0.717) is 19.3 Å². The van der Waals surface area contributed by atoms with Gasteiger partial charge < -0.3 is 20.6 Å². The van der Waals surface area contributed by atoms with E-state index in [9.17, 15) is 20.1 Å². The summed E-state index contributed by atoms with van der Waals surface area (Å²) in [5.74, 6) is -0.213. The third kappa shape index (κ3) is 27.4. The molecule has 0 saturated heterocycles. The highest BCUT2D eigenvalue weighted by Crippen LogP contribution is 2.15. The number of carbonyl (C=O) groups is 1. The lowest BCUT2D eigenvalue weighted by Gasteiger charge is -2.26. The van der Waals surface area contributed by atoms with Crippen molar-refractivity contribution in [3.05, 3.63) is 24.3 Å². The van der Waals surface area contributed by atoms with Gasteiger partial charge in [-0.2, -0.15) is 0 Å². The highest BCUT2D eigenvalue weighted by atomic mass is 16.3. The van der Waals surface area contributed by atoms with Crippen LogP contribution in [0.25, 0.3) is 0 Å². The fourth-order valence-electron chi connectivity index (χ4n) is 5.27. The largest absolute Gasteiger partial charge is 0.394 e. The van der Waals surface area contributed by atoms with E-state index in [0.717, 1.165) is 32.1 Å². The van der Waals surface area contributed by atoms with E-state index in [-0.39, 0.29) is 12.5 Å². The van der Waals surface area contributed by atoms with Crippen LogP contribution in [-0.4, -0.2) is 46.1 Å². The maximum atomic E-state index is 12.3. The average molecular weight is 580 g/mol. The Labute approximate surface area is 254 Å². The van der Waals surface area contributed by atoms with Crippen molar-refractivity contribution < 1.29 is 20.1 Å². The fraction of sp³-hybridized carbons (Fsp3) is 0.861. The van der Waals surface area contributed by atoms with Gasteiger partial charge in [0.1, 0.15) is 6.10 Å². The van der Waals surface area contributed by atoms with Crippen LogP contribution in [0.5, 0.6) is 0 Å². The van der Waals surface area contributed by atoms with Gasteiger partial charge in [-0.3, -0.25) is 4.79 Å². The molecule has 0 aromatic rings. The SMILES string of the molecule is CCCCCCCC/C=C\C/C=C\CCC(=O)NC(CO)C(O)C(O)CCCCCCCCCCCCCCCC. The molecule has 3 unspecified atom stereocenters. The lowest BCUT2D eigenvalue weighted by atomic mass is 9.99. The van der Waals surface area contributed by atoms with Crippen molar-refractivity contribution in [2.75, 3.05) is 6.61 Å². The topological polar surface area (TPSA) is 89.8 Å². The van der Waals surface area contributed by atoms with Crippen LogP contribution < -0.4 is 5.32 Å². The second-order valence-corrected chi connectivity index (χ2v) is 12.1. The predicted molar refractivity (Wildman–Crippen MR) is 176 cm³/mol. The maximum absolute atomic E-state index is 12.3. The van der Waals surface area contributed by atoms with Crippen molar-refractivity contribution in [3.63, 3.8) is 0 Å². The van der Waals surface area contributed by atoms with E-state index < -0.39 is 18.2 Å². The number of aliphatic hydroxyl groups excluding tert-OH is 3. The molecule has 0 aliphatic heterocycles. The first kappa shape index (κ1) is 39.8. The number of unbranched alkanes of at least 4 members (excludes halogenated alkanes) is 19. The highest BCUT2D eigenvalue weighted by molar-refractivity contribution is 5.76. The second-order valence-electron chi connectivity index (χ2n) is 12.1. The molecule has 0 saturated carbocycles. The van der Waals surface area contributed by atoms with Gasteiger partial charge in [0.25, 0.3) is 0 Å². The lowest BCUT2D eigenvalue weighted by molar-refractivity contribution is -0.124. The number of allylic oxidation sites excluding steroid dienone is 4. The van der Waals surface area contributed by atoms with Crippen LogP contribution in [0.1, 0.15) is 174 Å². The van der Waals surface area contributed by atoms with Gasteiger partial charge in [0.15, 0.2) is 0 Å². The molecular weight excluding hydrogens is 510 g/mol. The summed E-state index contributed by atoms with van der Waals surface area (Å²) >= 11 is 0. The molecular formula is C36H69NO4. The number of aliphatic hydroxyl groups is 3. The lowest BCUT2D eigenvalue weighted by Crippen LogP contribution is -2.50. The third-order valence-electron chi connectivity index (χ3n) is 8.07. The van der Waals surface area contributed by atoms with Crippen LogP contribution in [0.3, 0.4) is 0 Å². The molecule has 5 heteroatoms. The first-order chi connectivity index (χ1) is 20.1. The number of hydrogen-bond acceptors (Lipinski definition) is 4. The Morgan fingerprint density at radius 1 is 0.610 bits per heavy atom. The molecule has 0 aromatic heterocycles. The molecule has 5 nitrogen and oxygen atoms in total. The third-order valence-corrected chi connectivity index (χ3v) is 8.07. The number of amides is 1. The van der Waals surface area contributed by atoms with Crippen molar-refractivity contribution in [1.29, 1.82) is 0 Å². The van der Waals surface area contributed by atoms with Crippen molar-refractivity contribution in [3.8, 4) is 0 Å². The molecule has 0 aliphatic carbocycles. The van der Waals surface area contributed by atoms with Crippen molar-refractivity contribution >= 4 is 5.91 Å². The number of rotatable bonds is 31. The Balaban J connectivity index is 3.79. The zero-order valence-electron chi connectivity index (χ0n) is 27.2. The predicted octanol–water partition coefficient (Wildman–Crippen LogP) is 9.09. The van der Waals surface area contributed by atoms with E-state index in [1.807, 2.05) is 6.08 Å². The van der Waals surface area contributed by atoms with Crippen LogP contribution in [0.4, 0.5) is 0 Å². The number of nitrogens with one attached hydrogen (secondary N) is 1. The molecule has 0 aliphatic rings. The molecule has 242 valence electrons. The van der Waals surface area contributed by atoms with Gasteiger partial charge in [-0.25, -0.2) is 0 Å². The second kappa shape index (κ2) is 31.8. The minimum absolute atomic E-state index is 0.213. The summed E-state index contributed by atoms with van der Waals surface area (Å²) in [6, 6.07) is -0.835. The van der Waals surface area contributed by atoms with Crippen LogP contribution in [0.15, 0.2) is 24.3 Å². The minimum atomic E-state index is -1.15. The van der Waals surface area contributed by atoms with Crippen LogP contribution in [0.2, 0.25) is 0 Å². The summed E-state index contributed by atoms with van der Waals surface area (Å²) in [5, 5.41) is 33.2. The van der Waals surface area contributed by atoms with E-state index in [4.69, 9.17) is 0 Å². The summed E-state index contributed by atoms with van der Waals surface area (Å²) in [6.07, 6.45) is 35.6. The molecule has 0 fully saturated rings. The molecule has 4 N–H and O–H groups in total. The standard InChI is InChI=1S/C36H69NO4/c1-3-5-7-9-11-13-15-17-19-20-22-24-26-28-30-34(39)36(41)33(32-38)37-35(40)31-29-27-25-23-21-18-16-14-12-10-8-6-4-2/h18,21,25,27,33-34,36,38-39,41H,3-17,19-20,22-24,26,28-32H2,1-2H3,(H,37,40)/b21-18-,27-25-. The fourth-order valence-corrected chi connectivity index (χ4v) is 5.27. The summed E-state index contributed by atoms with van der Waals surface area (Å²) < 4.78 is 0. The molecule has 0 heterocycles. The zero-order valence-corrected chi connectivity index (χ0v) is 27.2.